The molecule has 3 fully saturated rings. The van der Waals surface area contributed by atoms with Crippen molar-refractivity contribution < 1.29 is 9.53 Å². The van der Waals surface area contributed by atoms with Crippen LogP contribution in [0, 0.1) is 19.8 Å². The highest BCUT2D eigenvalue weighted by Crippen LogP contribution is 2.39. The second kappa shape index (κ2) is 9.05. The minimum Gasteiger partial charge on any atom is -0.376 e. The van der Waals surface area contributed by atoms with Crippen molar-refractivity contribution in [2.24, 2.45) is 5.92 Å². The highest BCUT2D eigenvalue weighted by Gasteiger charge is 2.34. The topological polar surface area (TPSA) is 59.4 Å². The average Bonchev–Trinajstić information content (AvgIpc) is 3.33. The quantitative estimate of drug-likeness (QED) is 0.712. The van der Waals surface area contributed by atoms with Crippen molar-refractivity contribution in [3.05, 3.63) is 23.3 Å². The number of amides is 1. The van der Waals surface area contributed by atoms with Crippen LogP contribution in [0.15, 0.2) is 12.1 Å². The molecule has 0 spiro atoms. The van der Waals surface area contributed by atoms with Crippen molar-refractivity contribution in [2.45, 2.75) is 90.3 Å². The van der Waals surface area contributed by atoms with Gasteiger partial charge in [-0.1, -0.05) is 0 Å². The number of carbonyl (C=O) groups is 1. The van der Waals surface area contributed by atoms with Gasteiger partial charge in [-0.15, -0.1) is 0 Å². The maximum atomic E-state index is 13.0. The van der Waals surface area contributed by atoms with Crippen LogP contribution in [-0.4, -0.2) is 47.3 Å². The standard InChI is InChI=1S/C26H38N4O2/c1-4-32-24-10-6-9-21(24)27-25(31)19-11-13-29(14-12-19)26-28-22-15-17(2)18(3)16-23(22)30(26)20-7-5-8-20/h15-16,19-21,24H,4-14H2,1-3H3,(H,27,31)/t21?,24-/m0/s1. The fourth-order valence-electron chi connectivity index (χ4n) is 5.71. The minimum atomic E-state index is 0.0974. The van der Waals surface area contributed by atoms with Crippen molar-refractivity contribution in [1.82, 2.24) is 14.9 Å². The average molecular weight is 439 g/mol. The summed E-state index contributed by atoms with van der Waals surface area (Å²) in [7, 11) is 0. The molecule has 3 aliphatic rings. The first-order valence-corrected chi connectivity index (χ1v) is 12.7. The number of fused-ring (bicyclic) bond motifs is 1. The zero-order chi connectivity index (χ0) is 22.2. The van der Waals surface area contributed by atoms with E-state index in [1.165, 1.54) is 35.9 Å². The summed E-state index contributed by atoms with van der Waals surface area (Å²) in [6.45, 7) is 8.90. The molecule has 174 valence electrons. The molecule has 1 saturated heterocycles. The molecule has 0 radical (unpaired) electrons. The molecule has 1 amide bonds. The molecule has 2 aliphatic carbocycles. The number of benzene rings is 1. The van der Waals surface area contributed by atoms with Gasteiger partial charge in [0.1, 0.15) is 0 Å². The Kier molecular flexibility index (Phi) is 6.15. The minimum absolute atomic E-state index is 0.0974. The summed E-state index contributed by atoms with van der Waals surface area (Å²) in [6.07, 6.45) is 9.02. The highest BCUT2D eigenvalue weighted by atomic mass is 16.5. The van der Waals surface area contributed by atoms with Gasteiger partial charge in [-0.25, -0.2) is 4.98 Å². The third-order valence-electron chi connectivity index (χ3n) is 8.04. The highest BCUT2D eigenvalue weighted by molar-refractivity contribution is 5.82. The number of nitrogens with one attached hydrogen (secondary N) is 1. The van der Waals surface area contributed by atoms with Gasteiger partial charge in [0.15, 0.2) is 0 Å². The lowest BCUT2D eigenvalue weighted by molar-refractivity contribution is -0.127. The summed E-state index contributed by atoms with van der Waals surface area (Å²) in [5.41, 5.74) is 5.01. The third kappa shape index (κ3) is 4.02. The molecule has 6 nitrogen and oxygen atoms in total. The zero-order valence-electron chi connectivity index (χ0n) is 19.9. The van der Waals surface area contributed by atoms with E-state index in [1.54, 1.807) is 0 Å². The zero-order valence-corrected chi connectivity index (χ0v) is 19.9. The normalized spacial score (nSPS) is 24.8. The molecule has 6 heteroatoms. The molecule has 5 rings (SSSR count). The number of piperidine rings is 1. The van der Waals surface area contributed by atoms with Gasteiger partial charge < -0.3 is 19.5 Å². The Balaban J connectivity index is 1.28. The van der Waals surface area contributed by atoms with Gasteiger partial charge in [-0.3, -0.25) is 4.79 Å². The van der Waals surface area contributed by atoms with E-state index in [4.69, 9.17) is 9.72 Å². The largest absolute Gasteiger partial charge is 0.376 e. The Labute approximate surface area is 191 Å². The molecular weight excluding hydrogens is 400 g/mol. The van der Waals surface area contributed by atoms with Crippen LogP contribution in [0.4, 0.5) is 5.95 Å². The first-order valence-electron chi connectivity index (χ1n) is 12.7. The van der Waals surface area contributed by atoms with Gasteiger partial charge >= 0.3 is 0 Å². The number of nitrogens with zero attached hydrogens (tertiary/aromatic N) is 3. The smallest absolute Gasteiger partial charge is 0.223 e. The van der Waals surface area contributed by atoms with Crippen molar-refractivity contribution >= 4 is 22.9 Å². The van der Waals surface area contributed by atoms with E-state index in [0.717, 1.165) is 63.3 Å². The maximum absolute atomic E-state index is 13.0. The van der Waals surface area contributed by atoms with E-state index < -0.39 is 0 Å². The Morgan fingerprint density at radius 2 is 1.78 bits per heavy atom. The van der Waals surface area contributed by atoms with Gasteiger partial charge in [0.25, 0.3) is 0 Å². The first kappa shape index (κ1) is 21.7. The van der Waals surface area contributed by atoms with Gasteiger partial charge in [-0.2, -0.15) is 0 Å². The Morgan fingerprint density at radius 3 is 2.47 bits per heavy atom. The molecule has 0 bridgehead atoms. The number of aryl methyl sites for hydroxylation is 2. The van der Waals surface area contributed by atoms with E-state index in [0.29, 0.717) is 6.04 Å². The summed E-state index contributed by atoms with van der Waals surface area (Å²) < 4.78 is 8.34. The number of imidazole rings is 1. The summed E-state index contributed by atoms with van der Waals surface area (Å²) >= 11 is 0. The first-order chi connectivity index (χ1) is 15.5. The molecule has 32 heavy (non-hydrogen) atoms. The van der Waals surface area contributed by atoms with E-state index in [9.17, 15) is 4.79 Å². The predicted molar refractivity (Wildman–Crippen MR) is 128 cm³/mol. The van der Waals surface area contributed by atoms with E-state index in [-0.39, 0.29) is 24.0 Å². The molecule has 2 heterocycles. The second-order valence-corrected chi connectivity index (χ2v) is 10.1. The predicted octanol–water partition coefficient (Wildman–Crippen LogP) is 4.67. The molecule has 2 saturated carbocycles. The number of ether oxygens (including phenoxy) is 1. The number of rotatable bonds is 6. The third-order valence-corrected chi connectivity index (χ3v) is 8.04. The summed E-state index contributed by atoms with van der Waals surface area (Å²) in [4.78, 5) is 20.5. The lowest BCUT2D eigenvalue weighted by Gasteiger charge is -2.36. The Hall–Kier alpha value is -2.08. The number of hydrogen-bond acceptors (Lipinski definition) is 4. The molecule has 1 unspecified atom stereocenters. The molecule has 2 aromatic rings. The van der Waals surface area contributed by atoms with Crippen LogP contribution in [0.1, 0.15) is 75.5 Å². The number of hydrogen-bond donors (Lipinski definition) is 1. The van der Waals surface area contributed by atoms with Crippen LogP contribution in [0.25, 0.3) is 11.0 Å². The van der Waals surface area contributed by atoms with Gasteiger partial charge in [0, 0.05) is 31.7 Å². The number of anilines is 1. The van der Waals surface area contributed by atoms with Crippen molar-refractivity contribution in [3.8, 4) is 0 Å². The molecule has 1 aliphatic heterocycles. The lowest BCUT2D eigenvalue weighted by atomic mass is 9.92. The summed E-state index contributed by atoms with van der Waals surface area (Å²) in [6, 6.07) is 5.31. The molecule has 2 atom stereocenters. The van der Waals surface area contributed by atoms with Gasteiger partial charge in [-0.05, 0) is 95.4 Å². The summed E-state index contributed by atoms with van der Waals surface area (Å²) in [5, 5.41) is 3.32. The van der Waals surface area contributed by atoms with Crippen molar-refractivity contribution in [3.63, 3.8) is 0 Å². The fraction of sp³-hybridized carbons (Fsp3) is 0.692. The molecule has 1 aromatic heterocycles. The Morgan fingerprint density at radius 1 is 1.06 bits per heavy atom. The Bertz CT molecular complexity index is 972. The van der Waals surface area contributed by atoms with Crippen LogP contribution in [0.3, 0.4) is 0 Å². The van der Waals surface area contributed by atoms with Crippen LogP contribution in [0.5, 0.6) is 0 Å². The van der Waals surface area contributed by atoms with Gasteiger partial charge in [0.2, 0.25) is 11.9 Å². The van der Waals surface area contributed by atoms with Crippen molar-refractivity contribution in [1.29, 1.82) is 0 Å². The molecular formula is C26H38N4O2. The van der Waals surface area contributed by atoms with Crippen LogP contribution < -0.4 is 10.2 Å². The SMILES string of the molecule is CCO[C@H]1CCCC1NC(=O)C1CCN(c2nc3cc(C)c(C)cc3n2C2CCC2)CC1. The summed E-state index contributed by atoms with van der Waals surface area (Å²) in [5.74, 6) is 1.43. The van der Waals surface area contributed by atoms with E-state index in [1.807, 2.05) is 6.92 Å². The van der Waals surface area contributed by atoms with E-state index >= 15 is 0 Å². The second-order valence-electron chi connectivity index (χ2n) is 10.1. The van der Waals surface area contributed by atoms with E-state index in [2.05, 4.69) is 40.8 Å². The number of aromatic nitrogens is 2. The van der Waals surface area contributed by atoms with Crippen LogP contribution in [-0.2, 0) is 9.53 Å². The monoisotopic (exact) mass is 438 g/mol. The maximum Gasteiger partial charge on any atom is 0.223 e. The van der Waals surface area contributed by atoms with Gasteiger partial charge in [0.05, 0.1) is 23.2 Å². The van der Waals surface area contributed by atoms with Crippen molar-refractivity contribution in [2.75, 3.05) is 24.6 Å². The lowest BCUT2D eigenvalue weighted by Crippen LogP contribution is -2.47. The van der Waals surface area contributed by atoms with Crippen LogP contribution in [0.2, 0.25) is 0 Å². The fourth-order valence-corrected chi connectivity index (χ4v) is 5.71. The number of carbonyl (C=O) groups excluding carboxylic acids is 1. The molecule has 1 N–H and O–H groups in total. The van der Waals surface area contributed by atoms with Crippen LogP contribution >= 0.6 is 0 Å². The molecule has 1 aromatic carbocycles.